The molecule has 0 aliphatic heterocycles. The highest BCUT2D eigenvalue weighted by Crippen LogP contribution is 2.38. The topological polar surface area (TPSA) is 26.0 Å². The maximum Gasteiger partial charge on any atom is 0.0580 e. The Morgan fingerprint density at radius 2 is 2.00 bits per heavy atom. The van der Waals surface area contributed by atoms with E-state index in [1.54, 1.807) is 0 Å². The Bertz CT molecular complexity index is 362. The lowest BCUT2D eigenvalue weighted by Crippen LogP contribution is -2.34. The van der Waals surface area contributed by atoms with Crippen molar-refractivity contribution in [3.63, 3.8) is 0 Å². The van der Waals surface area contributed by atoms with Crippen molar-refractivity contribution in [1.82, 2.24) is 0 Å². The van der Waals surface area contributed by atoms with E-state index in [0.717, 1.165) is 17.9 Å². The molecule has 0 unspecified atom stereocenters. The van der Waals surface area contributed by atoms with Gasteiger partial charge in [-0.15, -0.1) is 11.3 Å². The van der Waals surface area contributed by atoms with Gasteiger partial charge in [0.05, 0.1) is 5.02 Å². The van der Waals surface area contributed by atoms with Crippen molar-refractivity contribution in [3.05, 3.63) is 20.3 Å². The van der Waals surface area contributed by atoms with Gasteiger partial charge in [-0.25, -0.2) is 0 Å². The van der Waals surface area contributed by atoms with Crippen LogP contribution < -0.4 is 5.73 Å². The van der Waals surface area contributed by atoms with Crippen molar-refractivity contribution in [2.75, 3.05) is 0 Å². The molecule has 0 saturated heterocycles. The summed E-state index contributed by atoms with van der Waals surface area (Å²) >= 11 is 8.28. The molecule has 0 atom stereocenters. The van der Waals surface area contributed by atoms with Crippen LogP contribution in [-0.2, 0) is 19.3 Å². The predicted molar refractivity (Wildman–Crippen MR) is 67.9 cm³/mol. The monoisotopic (exact) mass is 243 g/mol. The van der Waals surface area contributed by atoms with E-state index in [-0.39, 0.29) is 5.54 Å². The molecule has 1 aromatic rings. The van der Waals surface area contributed by atoms with Crippen LogP contribution in [0.3, 0.4) is 0 Å². The van der Waals surface area contributed by atoms with Crippen molar-refractivity contribution in [2.45, 2.75) is 51.5 Å². The maximum absolute atomic E-state index is 6.40. The van der Waals surface area contributed by atoms with Crippen LogP contribution in [0.1, 0.15) is 42.0 Å². The Balaban J connectivity index is 2.29. The summed E-state index contributed by atoms with van der Waals surface area (Å²) in [5, 5.41) is 1.01. The van der Waals surface area contributed by atoms with Gasteiger partial charge in [0.15, 0.2) is 0 Å². The van der Waals surface area contributed by atoms with Gasteiger partial charge < -0.3 is 5.73 Å². The molecular weight excluding hydrogens is 226 g/mol. The summed E-state index contributed by atoms with van der Waals surface area (Å²) in [6, 6.07) is 0. The Labute approximate surface area is 101 Å². The lowest BCUT2D eigenvalue weighted by molar-refractivity contribution is 0.521. The van der Waals surface area contributed by atoms with Crippen molar-refractivity contribution in [2.24, 2.45) is 5.73 Å². The fourth-order valence-electron chi connectivity index (χ4n) is 2.11. The zero-order valence-electron chi connectivity index (χ0n) is 9.40. The quantitative estimate of drug-likeness (QED) is 0.845. The van der Waals surface area contributed by atoms with Crippen molar-refractivity contribution >= 4 is 22.9 Å². The molecule has 15 heavy (non-hydrogen) atoms. The lowest BCUT2D eigenvalue weighted by atomic mass is 9.97. The van der Waals surface area contributed by atoms with E-state index in [9.17, 15) is 0 Å². The molecule has 0 fully saturated rings. The highest BCUT2D eigenvalue weighted by molar-refractivity contribution is 7.12. The van der Waals surface area contributed by atoms with Gasteiger partial charge in [0.2, 0.25) is 0 Å². The fraction of sp³-hybridized carbons (Fsp3) is 0.667. The first-order valence-corrected chi connectivity index (χ1v) is 6.74. The first-order chi connectivity index (χ1) is 6.97. The second kappa shape index (κ2) is 4.08. The molecule has 1 aliphatic carbocycles. The third-order valence-electron chi connectivity index (χ3n) is 2.79. The maximum atomic E-state index is 6.40. The average Bonchev–Trinajstić information content (AvgIpc) is 2.42. The minimum atomic E-state index is -0.156. The first-order valence-electron chi connectivity index (χ1n) is 5.55. The normalized spacial score (nSPS) is 16.5. The Morgan fingerprint density at radius 3 is 2.60 bits per heavy atom. The van der Waals surface area contributed by atoms with E-state index in [4.69, 9.17) is 17.3 Å². The Morgan fingerprint density at radius 1 is 1.33 bits per heavy atom. The van der Waals surface area contributed by atoms with Crippen molar-refractivity contribution in [1.29, 1.82) is 0 Å². The second-order valence-corrected chi connectivity index (χ2v) is 6.68. The molecule has 0 bridgehead atoms. The average molecular weight is 244 g/mol. The molecule has 2 rings (SSSR count). The summed E-state index contributed by atoms with van der Waals surface area (Å²) in [5.74, 6) is 0. The zero-order valence-corrected chi connectivity index (χ0v) is 11.0. The van der Waals surface area contributed by atoms with Crippen molar-refractivity contribution < 1.29 is 0 Å². The second-order valence-electron chi connectivity index (χ2n) is 5.11. The van der Waals surface area contributed by atoms with Crippen LogP contribution in [0.25, 0.3) is 0 Å². The number of hydrogen-bond donors (Lipinski definition) is 1. The zero-order chi connectivity index (χ0) is 11.1. The van der Waals surface area contributed by atoms with Gasteiger partial charge in [0, 0.05) is 21.7 Å². The summed E-state index contributed by atoms with van der Waals surface area (Å²) in [6.07, 6.45) is 5.87. The molecule has 84 valence electrons. The molecule has 2 N–H and O–H groups in total. The Hall–Kier alpha value is -0.0500. The largest absolute Gasteiger partial charge is 0.325 e. The number of rotatable bonds is 2. The molecule has 0 aromatic carbocycles. The van der Waals surface area contributed by atoms with Crippen LogP contribution in [0.5, 0.6) is 0 Å². The third-order valence-corrected chi connectivity index (χ3v) is 4.65. The summed E-state index contributed by atoms with van der Waals surface area (Å²) in [4.78, 5) is 2.79. The van der Waals surface area contributed by atoms with Crippen LogP contribution in [0.2, 0.25) is 5.02 Å². The summed E-state index contributed by atoms with van der Waals surface area (Å²) < 4.78 is 0. The summed E-state index contributed by atoms with van der Waals surface area (Å²) in [6.45, 7) is 4.12. The van der Waals surface area contributed by atoms with Gasteiger partial charge in [0.25, 0.3) is 0 Å². The third kappa shape index (κ3) is 2.55. The van der Waals surface area contributed by atoms with Crippen LogP contribution in [0, 0.1) is 0 Å². The van der Waals surface area contributed by atoms with Crippen LogP contribution in [0.15, 0.2) is 0 Å². The molecule has 0 saturated carbocycles. The van der Waals surface area contributed by atoms with Gasteiger partial charge in [-0.2, -0.15) is 0 Å². The molecule has 1 aliphatic rings. The van der Waals surface area contributed by atoms with E-state index < -0.39 is 0 Å². The molecule has 0 radical (unpaired) electrons. The lowest BCUT2D eigenvalue weighted by Gasteiger charge is -2.17. The van der Waals surface area contributed by atoms with E-state index in [1.165, 1.54) is 34.6 Å². The van der Waals surface area contributed by atoms with Crippen molar-refractivity contribution in [3.8, 4) is 0 Å². The van der Waals surface area contributed by atoms with Crippen LogP contribution in [-0.4, -0.2) is 5.54 Å². The van der Waals surface area contributed by atoms with E-state index >= 15 is 0 Å². The minimum Gasteiger partial charge on any atom is -0.325 e. The molecule has 3 heteroatoms. The van der Waals surface area contributed by atoms with Gasteiger partial charge in [-0.05, 0) is 45.1 Å². The van der Waals surface area contributed by atoms with E-state index in [1.807, 2.05) is 11.3 Å². The molecule has 1 nitrogen and oxygen atoms in total. The highest BCUT2D eigenvalue weighted by atomic mass is 35.5. The molecular formula is C12H18ClNS. The number of aryl methyl sites for hydroxylation is 1. The van der Waals surface area contributed by atoms with Gasteiger partial charge in [-0.1, -0.05) is 11.6 Å². The fourth-order valence-corrected chi connectivity index (χ4v) is 4.09. The van der Waals surface area contributed by atoms with Gasteiger partial charge in [-0.3, -0.25) is 0 Å². The van der Waals surface area contributed by atoms with Gasteiger partial charge in [0.1, 0.15) is 0 Å². The number of thiophene rings is 1. The van der Waals surface area contributed by atoms with E-state index in [0.29, 0.717) is 0 Å². The number of nitrogens with two attached hydrogens (primary N) is 1. The SMILES string of the molecule is CC(C)(N)Cc1sc2c(c1Cl)CCCC2. The van der Waals surface area contributed by atoms with Crippen LogP contribution in [0.4, 0.5) is 0 Å². The number of fused-ring (bicyclic) bond motifs is 1. The molecule has 1 aromatic heterocycles. The highest BCUT2D eigenvalue weighted by Gasteiger charge is 2.22. The van der Waals surface area contributed by atoms with Gasteiger partial charge >= 0.3 is 0 Å². The number of hydrogen-bond acceptors (Lipinski definition) is 2. The van der Waals surface area contributed by atoms with E-state index in [2.05, 4.69) is 13.8 Å². The molecule has 1 heterocycles. The van der Waals surface area contributed by atoms with Crippen LogP contribution >= 0.6 is 22.9 Å². The minimum absolute atomic E-state index is 0.156. The summed E-state index contributed by atoms with van der Waals surface area (Å²) in [5.41, 5.74) is 7.30. The number of halogens is 1. The Kier molecular flexibility index (Phi) is 3.11. The smallest absolute Gasteiger partial charge is 0.0580 e. The molecule has 0 spiro atoms. The first kappa shape index (κ1) is 11.4. The standard InChI is InChI=1S/C12H18ClNS/c1-12(2,14)7-10-11(13)8-5-3-4-6-9(8)15-10/h3-7,14H2,1-2H3. The molecule has 0 amide bonds. The predicted octanol–water partition coefficient (Wildman–Crippen LogP) is 3.56. The summed E-state index contributed by atoms with van der Waals surface area (Å²) in [7, 11) is 0.